The molecule has 3 rings (SSSR count). The minimum atomic E-state index is -0.0822. The summed E-state index contributed by atoms with van der Waals surface area (Å²) < 4.78 is 6.22. The molecule has 1 aliphatic rings. The molecular formula is C14H15ClN2O2S. The number of H-pyrrole nitrogens is 1. The number of aromatic amines is 1. The molecule has 1 aliphatic heterocycles. The first kappa shape index (κ1) is 13.7. The third-order valence-electron chi connectivity index (χ3n) is 3.34. The predicted octanol–water partition coefficient (Wildman–Crippen LogP) is 3.31. The van der Waals surface area contributed by atoms with Crippen molar-refractivity contribution in [2.24, 2.45) is 0 Å². The second-order valence-corrected chi connectivity index (χ2v) is 6.45. The van der Waals surface area contributed by atoms with Crippen molar-refractivity contribution in [1.82, 2.24) is 10.3 Å². The van der Waals surface area contributed by atoms with Gasteiger partial charge in [-0.2, -0.15) is 0 Å². The van der Waals surface area contributed by atoms with Crippen LogP contribution >= 0.6 is 22.9 Å². The van der Waals surface area contributed by atoms with Gasteiger partial charge in [-0.1, -0.05) is 11.6 Å². The first-order valence-electron chi connectivity index (χ1n) is 6.56. The van der Waals surface area contributed by atoms with Gasteiger partial charge in [-0.3, -0.25) is 4.79 Å². The smallest absolute Gasteiger partial charge is 0.253 e. The van der Waals surface area contributed by atoms with E-state index in [0.29, 0.717) is 16.4 Å². The van der Waals surface area contributed by atoms with Crippen LogP contribution in [0.5, 0.6) is 0 Å². The Morgan fingerprint density at radius 2 is 2.40 bits per heavy atom. The Hall–Kier alpha value is -1.30. The van der Waals surface area contributed by atoms with Crippen LogP contribution in [-0.4, -0.2) is 30.1 Å². The SMILES string of the molecule is O=C(NC[C@H]1CCCO1)c1c[nH]cc1-c1ccc(Cl)s1. The second kappa shape index (κ2) is 5.99. The molecule has 6 heteroatoms. The summed E-state index contributed by atoms with van der Waals surface area (Å²) in [4.78, 5) is 16.2. The Morgan fingerprint density at radius 3 is 3.10 bits per heavy atom. The molecule has 0 bridgehead atoms. The zero-order valence-corrected chi connectivity index (χ0v) is 12.4. The molecule has 1 atom stereocenters. The monoisotopic (exact) mass is 310 g/mol. The number of carbonyl (C=O) groups excluding carboxylic acids is 1. The maximum absolute atomic E-state index is 12.2. The summed E-state index contributed by atoms with van der Waals surface area (Å²) in [7, 11) is 0. The molecule has 0 radical (unpaired) electrons. The minimum absolute atomic E-state index is 0.0822. The van der Waals surface area contributed by atoms with Gasteiger partial charge in [-0.15, -0.1) is 11.3 Å². The van der Waals surface area contributed by atoms with E-state index in [9.17, 15) is 4.79 Å². The van der Waals surface area contributed by atoms with Crippen molar-refractivity contribution < 1.29 is 9.53 Å². The number of halogens is 1. The highest BCUT2D eigenvalue weighted by Crippen LogP contribution is 2.33. The van der Waals surface area contributed by atoms with Crippen LogP contribution < -0.4 is 5.32 Å². The largest absolute Gasteiger partial charge is 0.376 e. The van der Waals surface area contributed by atoms with Crippen molar-refractivity contribution in [3.63, 3.8) is 0 Å². The lowest BCUT2D eigenvalue weighted by Gasteiger charge is -2.10. The van der Waals surface area contributed by atoms with Gasteiger partial charge in [0.05, 0.1) is 16.0 Å². The van der Waals surface area contributed by atoms with E-state index in [1.807, 2.05) is 18.3 Å². The van der Waals surface area contributed by atoms with Crippen molar-refractivity contribution in [3.05, 3.63) is 34.4 Å². The molecule has 0 aliphatic carbocycles. The summed E-state index contributed by atoms with van der Waals surface area (Å²) in [6.45, 7) is 1.36. The van der Waals surface area contributed by atoms with Gasteiger partial charge >= 0.3 is 0 Å². The van der Waals surface area contributed by atoms with Crippen LogP contribution in [0, 0.1) is 0 Å². The topological polar surface area (TPSA) is 54.1 Å². The zero-order valence-electron chi connectivity index (χ0n) is 10.8. The Morgan fingerprint density at radius 1 is 1.50 bits per heavy atom. The molecule has 0 unspecified atom stereocenters. The number of carbonyl (C=O) groups is 1. The van der Waals surface area contributed by atoms with Crippen LogP contribution in [0.25, 0.3) is 10.4 Å². The van der Waals surface area contributed by atoms with E-state index in [4.69, 9.17) is 16.3 Å². The van der Waals surface area contributed by atoms with Gasteiger partial charge in [0.1, 0.15) is 0 Å². The van der Waals surface area contributed by atoms with Gasteiger partial charge in [0.25, 0.3) is 5.91 Å². The van der Waals surface area contributed by atoms with Crippen molar-refractivity contribution in [2.45, 2.75) is 18.9 Å². The predicted molar refractivity (Wildman–Crippen MR) is 80.4 cm³/mol. The maximum atomic E-state index is 12.2. The number of rotatable bonds is 4. The van der Waals surface area contributed by atoms with E-state index >= 15 is 0 Å². The summed E-state index contributed by atoms with van der Waals surface area (Å²) in [5.74, 6) is -0.0822. The lowest BCUT2D eigenvalue weighted by molar-refractivity contribution is 0.0858. The highest BCUT2D eigenvalue weighted by molar-refractivity contribution is 7.19. The van der Waals surface area contributed by atoms with Crippen molar-refractivity contribution >= 4 is 28.8 Å². The molecule has 2 aromatic rings. The van der Waals surface area contributed by atoms with Crippen molar-refractivity contribution in [3.8, 4) is 10.4 Å². The number of hydrogen-bond acceptors (Lipinski definition) is 3. The average molecular weight is 311 g/mol. The zero-order chi connectivity index (χ0) is 13.9. The third-order valence-corrected chi connectivity index (χ3v) is 4.61. The van der Waals surface area contributed by atoms with Crippen LogP contribution in [0.1, 0.15) is 23.2 Å². The van der Waals surface area contributed by atoms with Gasteiger partial charge in [0, 0.05) is 36.0 Å². The fraction of sp³-hybridized carbons (Fsp3) is 0.357. The van der Waals surface area contributed by atoms with E-state index in [1.165, 1.54) is 11.3 Å². The highest BCUT2D eigenvalue weighted by atomic mass is 35.5. The molecule has 0 aromatic carbocycles. The molecule has 2 aromatic heterocycles. The van der Waals surface area contributed by atoms with Crippen LogP contribution in [0.15, 0.2) is 24.5 Å². The van der Waals surface area contributed by atoms with Crippen molar-refractivity contribution in [1.29, 1.82) is 0 Å². The number of aromatic nitrogens is 1. The lowest BCUT2D eigenvalue weighted by Crippen LogP contribution is -2.31. The quantitative estimate of drug-likeness (QED) is 0.910. The molecule has 20 heavy (non-hydrogen) atoms. The Bertz CT molecular complexity index is 602. The standard InChI is InChI=1S/C14H15ClN2O2S/c15-13-4-3-12(20-13)10-7-16-8-11(10)14(18)17-6-9-2-1-5-19-9/h3-4,7-9,16H,1-2,5-6H2,(H,17,18)/t9-/m1/s1. The van der Waals surface area contributed by atoms with Crippen molar-refractivity contribution in [2.75, 3.05) is 13.2 Å². The maximum Gasteiger partial charge on any atom is 0.253 e. The number of nitrogens with one attached hydrogen (secondary N) is 2. The Kier molecular flexibility index (Phi) is 4.10. The van der Waals surface area contributed by atoms with E-state index in [1.54, 1.807) is 6.20 Å². The number of hydrogen-bond donors (Lipinski definition) is 2. The van der Waals surface area contributed by atoms with Crippen LogP contribution in [0.2, 0.25) is 4.34 Å². The summed E-state index contributed by atoms with van der Waals surface area (Å²) in [6.07, 6.45) is 5.78. The minimum Gasteiger partial charge on any atom is -0.376 e. The van der Waals surface area contributed by atoms with Gasteiger partial charge < -0.3 is 15.0 Å². The summed E-state index contributed by atoms with van der Waals surface area (Å²) in [6, 6.07) is 3.76. The summed E-state index contributed by atoms with van der Waals surface area (Å²) >= 11 is 7.41. The first-order valence-corrected chi connectivity index (χ1v) is 7.76. The van der Waals surface area contributed by atoms with Gasteiger partial charge in [-0.05, 0) is 25.0 Å². The molecule has 106 valence electrons. The van der Waals surface area contributed by atoms with Crippen LogP contribution in [0.3, 0.4) is 0 Å². The van der Waals surface area contributed by atoms with Gasteiger partial charge in [0.15, 0.2) is 0 Å². The molecule has 1 fully saturated rings. The molecule has 1 saturated heterocycles. The molecule has 2 N–H and O–H groups in total. The third kappa shape index (κ3) is 2.90. The van der Waals surface area contributed by atoms with Crippen LogP contribution in [0.4, 0.5) is 0 Å². The normalized spacial score (nSPS) is 18.4. The van der Waals surface area contributed by atoms with E-state index in [2.05, 4.69) is 10.3 Å². The summed E-state index contributed by atoms with van der Waals surface area (Å²) in [5, 5.41) is 2.93. The molecule has 4 nitrogen and oxygen atoms in total. The summed E-state index contributed by atoms with van der Waals surface area (Å²) in [5.41, 5.74) is 1.52. The van der Waals surface area contributed by atoms with Crippen LogP contribution in [-0.2, 0) is 4.74 Å². The lowest BCUT2D eigenvalue weighted by atomic mass is 10.1. The molecule has 1 amide bonds. The number of thiophene rings is 1. The van der Waals surface area contributed by atoms with E-state index in [-0.39, 0.29) is 12.0 Å². The fourth-order valence-corrected chi connectivity index (χ4v) is 3.40. The number of ether oxygens (including phenoxy) is 1. The van der Waals surface area contributed by atoms with Gasteiger partial charge in [-0.25, -0.2) is 0 Å². The Balaban J connectivity index is 1.70. The second-order valence-electron chi connectivity index (χ2n) is 4.73. The number of amides is 1. The average Bonchev–Trinajstić information content (AvgIpc) is 3.16. The highest BCUT2D eigenvalue weighted by Gasteiger charge is 2.19. The molecule has 0 spiro atoms. The fourth-order valence-electron chi connectivity index (χ4n) is 2.32. The van der Waals surface area contributed by atoms with Gasteiger partial charge in [0.2, 0.25) is 0 Å². The van der Waals surface area contributed by atoms with E-state index in [0.717, 1.165) is 29.9 Å². The molecule has 3 heterocycles. The first-order chi connectivity index (χ1) is 9.74. The van der Waals surface area contributed by atoms with E-state index < -0.39 is 0 Å². The molecular weight excluding hydrogens is 296 g/mol. The molecule has 0 saturated carbocycles. The Labute approximate surface area is 126 Å².